The molecule has 98 valence electrons. The lowest BCUT2D eigenvalue weighted by atomic mass is 10.1. The van der Waals surface area contributed by atoms with Crippen molar-refractivity contribution >= 4 is 16.3 Å². The van der Waals surface area contributed by atoms with Crippen LogP contribution in [0.1, 0.15) is 12.6 Å². The number of imidazole rings is 1. The molecule has 0 fully saturated rings. The molecule has 0 amide bonds. The molecule has 0 saturated carbocycles. The topological polar surface area (TPSA) is 52.5 Å². The first-order valence-electron chi connectivity index (χ1n) is 6.20. The van der Waals surface area contributed by atoms with Crippen LogP contribution in [0.2, 0.25) is 0 Å². The number of aromatic nitrogens is 2. The van der Waals surface area contributed by atoms with E-state index in [-0.39, 0.29) is 0 Å². The highest BCUT2D eigenvalue weighted by molar-refractivity contribution is 7.15. The number of hydrogen-bond donors (Lipinski definition) is 1. The zero-order valence-electron chi connectivity index (χ0n) is 10.7. The highest BCUT2D eigenvalue weighted by Gasteiger charge is 2.09. The van der Waals surface area contributed by atoms with Crippen LogP contribution in [0.5, 0.6) is 5.75 Å². The van der Waals surface area contributed by atoms with Gasteiger partial charge in [-0.2, -0.15) is 0 Å². The predicted octanol–water partition coefficient (Wildman–Crippen LogP) is 2.92. The van der Waals surface area contributed by atoms with Crippen LogP contribution in [-0.2, 0) is 6.54 Å². The summed E-state index contributed by atoms with van der Waals surface area (Å²) >= 11 is 1.62. The van der Waals surface area contributed by atoms with E-state index in [1.54, 1.807) is 11.3 Å². The molecule has 19 heavy (non-hydrogen) atoms. The Morgan fingerprint density at radius 3 is 2.79 bits per heavy atom. The summed E-state index contributed by atoms with van der Waals surface area (Å²) in [4.78, 5) is 5.43. The standard InChI is InChI=1S/C14H15N3OS/c1-2-18-12-5-3-10(4-6-12)13-9-19-14-16-11(7-15)8-17(13)14/h3-6,8-9H,2,7,15H2,1H3. The van der Waals surface area contributed by atoms with Gasteiger partial charge in [0.15, 0.2) is 4.96 Å². The Morgan fingerprint density at radius 2 is 2.11 bits per heavy atom. The van der Waals surface area contributed by atoms with Crippen molar-refractivity contribution in [3.8, 4) is 17.0 Å². The first-order chi connectivity index (χ1) is 9.31. The van der Waals surface area contributed by atoms with Gasteiger partial charge >= 0.3 is 0 Å². The summed E-state index contributed by atoms with van der Waals surface area (Å²) in [7, 11) is 0. The number of rotatable bonds is 4. The van der Waals surface area contributed by atoms with Gasteiger partial charge in [0.1, 0.15) is 5.75 Å². The first kappa shape index (κ1) is 12.2. The summed E-state index contributed by atoms with van der Waals surface area (Å²) in [6.07, 6.45) is 2.00. The van der Waals surface area contributed by atoms with Gasteiger partial charge in [-0.15, -0.1) is 11.3 Å². The van der Waals surface area contributed by atoms with E-state index in [2.05, 4.69) is 26.9 Å². The molecule has 0 saturated heterocycles. The van der Waals surface area contributed by atoms with Gasteiger partial charge in [-0.05, 0) is 36.8 Å². The largest absolute Gasteiger partial charge is 0.494 e. The number of benzene rings is 1. The normalized spacial score (nSPS) is 11.1. The molecule has 0 bridgehead atoms. The Labute approximate surface area is 115 Å². The van der Waals surface area contributed by atoms with Crippen LogP contribution in [0.4, 0.5) is 0 Å². The fourth-order valence-electron chi connectivity index (χ4n) is 2.02. The van der Waals surface area contributed by atoms with Crippen molar-refractivity contribution in [3.05, 3.63) is 41.5 Å². The molecule has 4 nitrogen and oxygen atoms in total. The van der Waals surface area contributed by atoms with Crippen LogP contribution in [0, 0.1) is 0 Å². The summed E-state index contributed by atoms with van der Waals surface area (Å²) in [5, 5.41) is 2.11. The number of nitrogens with zero attached hydrogens (tertiary/aromatic N) is 2. The van der Waals surface area contributed by atoms with Gasteiger partial charge in [-0.1, -0.05) is 0 Å². The minimum absolute atomic E-state index is 0.469. The maximum Gasteiger partial charge on any atom is 0.194 e. The van der Waals surface area contributed by atoms with Crippen LogP contribution in [0.25, 0.3) is 16.2 Å². The van der Waals surface area contributed by atoms with Gasteiger partial charge in [0, 0.05) is 18.1 Å². The quantitative estimate of drug-likeness (QED) is 0.795. The van der Waals surface area contributed by atoms with E-state index >= 15 is 0 Å². The van der Waals surface area contributed by atoms with Gasteiger partial charge in [0.25, 0.3) is 0 Å². The van der Waals surface area contributed by atoms with Crippen LogP contribution >= 0.6 is 11.3 Å². The van der Waals surface area contributed by atoms with Crippen LogP contribution in [-0.4, -0.2) is 16.0 Å². The summed E-state index contributed by atoms with van der Waals surface area (Å²) in [5.74, 6) is 0.894. The minimum Gasteiger partial charge on any atom is -0.494 e. The van der Waals surface area contributed by atoms with E-state index in [1.165, 1.54) is 0 Å². The van der Waals surface area contributed by atoms with E-state index in [1.807, 2.05) is 25.3 Å². The van der Waals surface area contributed by atoms with Crippen LogP contribution in [0.15, 0.2) is 35.8 Å². The van der Waals surface area contributed by atoms with E-state index in [0.29, 0.717) is 13.2 Å². The Bertz CT molecular complexity index is 684. The number of hydrogen-bond acceptors (Lipinski definition) is 4. The van der Waals surface area contributed by atoms with Gasteiger partial charge < -0.3 is 10.5 Å². The number of nitrogens with two attached hydrogens (primary N) is 1. The predicted molar refractivity (Wildman–Crippen MR) is 77.6 cm³/mol. The Hall–Kier alpha value is -1.85. The fourth-order valence-corrected chi connectivity index (χ4v) is 2.93. The summed E-state index contributed by atoms with van der Waals surface area (Å²) < 4.78 is 7.54. The second-order valence-corrected chi connectivity index (χ2v) is 5.00. The maximum atomic E-state index is 5.63. The lowest BCUT2D eigenvalue weighted by molar-refractivity contribution is 0.340. The SMILES string of the molecule is CCOc1ccc(-c2csc3nc(CN)cn23)cc1. The zero-order valence-corrected chi connectivity index (χ0v) is 11.5. The molecular formula is C14H15N3OS. The average Bonchev–Trinajstić information content (AvgIpc) is 2.99. The molecule has 3 rings (SSSR count). The third kappa shape index (κ3) is 2.22. The van der Waals surface area contributed by atoms with Crippen molar-refractivity contribution in [2.75, 3.05) is 6.61 Å². The third-order valence-electron chi connectivity index (χ3n) is 2.93. The molecule has 3 aromatic rings. The first-order valence-corrected chi connectivity index (χ1v) is 7.08. The molecule has 1 aromatic carbocycles. The van der Waals surface area contributed by atoms with Crippen molar-refractivity contribution in [2.24, 2.45) is 5.73 Å². The van der Waals surface area contributed by atoms with Crippen molar-refractivity contribution in [1.82, 2.24) is 9.38 Å². The summed E-state index contributed by atoms with van der Waals surface area (Å²) in [5.41, 5.74) is 8.83. The molecule has 0 aliphatic carbocycles. The van der Waals surface area contributed by atoms with Crippen molar-refractivity contribution in [1.29, 1.82) is 0 Å². The molecule has 2 aromatic heterocycles. The molecule has 5 heteroatoms. The second-order valence-electron chi connectivity index (χ2n) is 4.17. The summed E-state index contributed by atoms with van der Waals surface area (Å²) in [6, 6.07) is 8.11. The summed E-state index contributed by atoms with van der Waals surface area (Å²) in [6.45, 7) is 3.14. The van der Waals surface area contributed by atoms with E-state index in [9.17, 15) is 0 Å². The highest BCUT2D eigenvalue weighted by Crippen LogP contribution is 2.27. The second kappa shape index (κ2) is 5.03. The number of thiazole rings is 1. The average molecular weight is 273 g/mol. The van der Waals surface area contributed by atoms with Gasteiger partial charge in [-0.3, -0.25) is 4.40 Å². The molecule has 2 N–H and O–H groups in total. The van der Waals surface area contributed by atoms with Crippen LogP contribution < -0.4 is 10.5 Å². The molecule has 0 aliphatic heterocycles. The third-order valence-corrected chi connectivity index (χ3v) is 3.77. The van der Waals surface area contributed by atoms with Gasteiger partial charge in [0.05, 0.1) is 18.0 Å². The van der Waals surface area contributed by atoms with Crippen molar-refractivity contribution in [3.63, 3.8) is 0 Å². The Morgan fingerprint density at radius 1 is 1.32 bits per heavy atom. The lowest BCUT2D eigenvalue weighted by Gasteiger charge is -2.04. The molecule has 2 heterocycles. The molecule has 0 radical (unpaired) electrons. The van der Waals surface area contributed by atoms with Gasteiger partial charge in [0.2, 0.25) is 0 Å². The Kier molecular flexibility index (Phi) is 3.23. The van der Waals surface area contributed by atoms with Crippen LogP contribution in [0.3, 0.4) is 0 Å². The highest BCUT2D eigenvalue weighted by atomic mass is 32.1. The molecular weight excluding hydrogens is 258 g/mol. The maximum absolute atomic E-state index is 5.63. The molecule has 0 aliphatic rings. The van der Waals surface area contributed by atoms with Gasteiger partial charge in [-0.25, -0.2) is 4.98 Å². The smallest absolute Gasteiger partial charge is 0.194 e. The van der Waals surface area contributed by atoms with E-state index in [4.69, 9.17) is 10.5 Å². The number of fused-ring (bicyclic) bond motifs is 1. The van der Waals surface area contributed by atoms with Crippen molar-refractivity contribution in [2.45, 2.75) is 13.5 Å². The zero-order chi connectivity index (χ0) is 13.2. The monoisotopic (exact) mass is 273 g/mol. The van der Waals surface area contributed by atoms with E-state index in [0.717, 1.165) is 27.7 Å². The number of ether oxygens (including phenoxy) is 1. The Balaban J connectivity index is 2.00. The lowest BCUT2D eigenvalue weighted by Crippen LogP contribution is -1.95. The molecule has 0 unspecified atom stereocenters. The minimum atomic E-state index is 0.469. The molecule has 0 spiro atoms. The van der Waals surface area contributed by atoms with Crippen molar-refractivity contribution < 1.29 is 4.74 Å². The fraction of sp³-hybridized carbons (Fsp3) is 0.214. The van der Waals surface area contributed by atoms with E-state index < -0.39 is 0 Å². The molecule has 0 atom stereocenters.